The van der Waals surface area contributed by atoms with Crippen LogP contribution in [-0.4, -0.2) is 22.0 Å². The van der Waals surface area contributed by atoms with E-state index in [9.17, 15) is 4.79 Å². The number of aromatic amines is 3. The molecule has 6 N–H and O–H groups in total. The molecular weight excluding hydrogens is 220 g/mol. The smallest absolute Gasteiger partial charge is 0.353 e. The molecule has 0 amide bonds. The van der Waals surface area contributed by atoms with Gasteiger partial charge in [-0.2, -0.15) is 0 Å². The highest BCUT2D eigenvalue weighted by Gasteiger charge is 2.10. The number of aromatic nitrogens is 4. The van der Waals surface area contributed by atoms with Crippen molar-refractivity contribution in [1.82, 2.24) is 15.0 Å². The Hall–Kier alpha value is -2.57. The fraction of sp³-hybridized carbons (Fsp3) is 0.100. The number of nitrogens with two attached hydrogens (primary N) is 1. The van der Waals surface area contributed by atoms with Crippen molar-refractivity contribution < 1.29 is 4.98 Å². The van der Waals surface area contributed by atoms with Gasteiger partial charge in [-0.3, -0.25) is 15.1 Å². The summed E-state index contributed by atoms with van der Waals surface area (Å²) in [6.07, 6.45) is 0. The lowest BCUT2D eigenvalue weighted by molar-refractivity contribution is -0.326. The van der Waals surface area contributed by atoms with Gasteiger partial charge in [0, 0.05) is 6.07 Å². The van der Waals surface area contributed by atoms with Gasteiger partial charge in [-0.15, -0.1) is 0 Å². The molecule has 2 heterocycles. The highest BCUT2D eigenvalue weighted by atomic mass is 16.1. The molecule has 0 aliphatic rings. The van der Waals surface area contributed by atoms with Crippen molar-refractivity contribution in [3.63, 3.8) is 0 Å². The third-order valence-corrected chi connectivity index (χ3v) is 2.63. The minimum atomic E-state index is -0.241. The van der Waals surface area contributed by atoms with E-state index in [-0.39, 0.29) is 11.5 Å². The Labute approximate surface area is 95.1 Å². The maximum absolute atomic E-state index is 11.7. The lowest BCUT2D eigenvalue weighted by Crippen LogP contribution is -2.11. The Kier molecular flexibility index (Phi) is 1.82. The summed E-state index contributed by atoms with van der Waals surface area (Å²) >= 11 is 0. The van der Waals surface area contributed by atoms with Crippen LogP contribution in [0.3, 0.4) is 0 Å². The molecule has 1 aromatic carbocycles. The summed E-state index contributed by atoms with van der Waals surface area (Å²) in [5.74, 6) is 0.880. The third kappa shape index (κ3) is 1.40. The van der Waals surface area contributed by atoms with Crippen molar-refractivity contribution in [1.29, 1.82) is 0 Å². The summed E-state index contributed by atoms with van der Waals surface area (Å²) in [6.45, 7) is 0. The highest BCUT2D eigenvalue weighted by Crippen LogP contribution is 2.16. The largest absolute Gasteiger partial charge is 0.369 e. The fourth-order valence-electron chi connectivity index (χ4n) is 1.84. The van der Waals surface area contributed by atoms with Crippen LogP contribution in [0.15, 0.2) is 16.9 Å². The Morgan fingerprint density at radius 3 is 3.00 bits per heavy atom. The Balaban J connectivity index is 2.45. The summed E-state index contributed by atoms with van der Waals surface area (Å²) < 4.78 is 0. The number of anilines is 2. The molecule has 0 fully saturated rings. The Morgan fingerprint density at radius 1 is 1.41 bits per heavy atom. The van der Waals surface area contributed by atoms with Gasteiger partial charge in [-0.25, -0.2) is 15.0 Å². The maximum atomic E-state index is 11.7. The zero-order valence-corrected chi connectivity index (χ0v) is 9.09. The number of hydrogen-bond acceptors (Lipinski definition) is 4. The monoisotopic (exact) mass is 231 g/mol. The van der Waals surface area contributed by atoms with Crippen molar-refractivity contribution >= 4 is 33.8 Å². The average molecular weight is 231 g/mol. The Bertz CT molecular complexity index is 771. The number of fused-ring (bicyclic) bond motifs is 2. The van der Waals surface area contributed by atoms with Gasteiger partial charge in [0.05, 0.1) is 18.0 Å². The number of hydrogen-bond donors (Lipinski definition) is 4. The average Bonchev–Trinajstić information content (AvgIpc) is 2.68. The van der Waals surface area contributed by atoms with Crippen molar-refractivity contribution in [3.05, 3.63) is 22.5 Å². The number of nitrogens with one attached hydrogen (secondary N) is 4. The molecule has 3 aromatic rings. The van der Waals surface area contributed by atoms with Crippen molar-refractivity contribution in [2.45, 2.75) is 0 Å². The van der Waals surface area contributed by atoms with Gasteiger partial charge in [0.2, 0.25) is 5.95 Å². The van der Waals surface area contributed by atoms with Crippen LogP contribution in [0.1, 0.15) is 0 Å². The molecule has 0 spiro atoms. The number of H-pyrrole nitrogens is 3. The van der Waals surface area contributed by atoms with Crippen LogP contribution in [0.2, 0.25) is 0 Å². The minimum absolute atomic E-state index is 0.117. The second-order valence-electron chi connectivity index (χ2n) is 3.74. The van der Waals surface area contributed by atoms with Crippen LogP contribution in [-0.2, 0) is 0 Å². The van der Waals surface area contributed by atoms with Crippen molar-refractivity contribution in [3.8, 4) is 0 Å². The van der Waals surface area contributed by atoms with Crippen LogP contribution in [0, 0.1) is 0 Å². The van der Waals surface area contributed by atoms with Crippen molar-refractivity contribution in [2.75, 3.05) is 18.1 Å². The number of nitrogen functional groups attached to an aromatic ring is 1. The molecule has 17 heavy (non-hydrogen) atoms. The molecule has 0 atom stereocenters. The first-order valence-corrected chi connectivity index (χ1v) is 5.09. The van der Waals surface area contributed by atoms with E-state index >= 15 is 0 Å². The number of benzene rings is 1. The topological polar surface area (TPSA) is 114 Å². The van der Waals surface area contributed by atoms with Crippen LogP contribution in [0.5, 0.6) is 0 Å². The van der Waals surface area contributed by atoms with E-state index in [1.807, 2.05) is 0 Å². The Morgan fingerprint density at radius 2 is 2.24 bits per heavy atom. The molecule has 3 rings (SSSR count). The van der Waals surface area contributed by atoms with Crippen LogP contribution < -0.4 is 21.6 Å². The molecule has 0 aliphatic carbocycles. The van der Waals surface area contributed by atoms with Gasteiger partial charge in [-0.05, 0) is 6.07 Å². The summed E-state index contributed by atoms with van der Waals surface area (Å²) in [7, 11) is 1.80. The number of imidazole rings is 1. The first kappa shape index (κ1) is 9.64. The standard InChI is InChI=1S/C10H10N6O/c1-12-10-14-6-2-4-5(3-7(6)15-10)13-9(11)16-8(4)17/h2-3H,1H3,(H2,12,14,15)(H3,11,13,16,17)/p+1. The van der Waals surface area contributed by atoms with Gasteiger partial charge < -0.3 is 5.73 Å². The zero-order chi connectivity index (χ0) is 12.0. The zero-order valence-electron chi connectivity index (χ0n) is 9.09. The SMILES string of the molecule is CNc1[nH]c2cc3c(=O)[nH]c(N)nc3cc2[nH+]1. The molecule has 0 unspecified atom stereocenters. The molecule has 0 saturated carbocycles. The van der Waals surface area contributed by atoms with Gasteiger partial charge in [0.15, 0.2) is 0 Å². The second-order valence-corrected chi connectivity index (χ2v) is 3.74. The number of nitrogens with zero attached hydrogens (tertiary/aromatic N) is 1. The van der Waals surface area contributed by atoms with Gasteiger partial charge in [0.25, 0.3) is 5.56 Å². The van der Waals surface area contributed by atoms with E-state index in [2.05, 4.69) is 25.3 Å². The van der Waals surface area contributed by atoms with Crippen LogP contribution in [0.4, 0.5) is 11.9 Å². The van der Waals surface area contributed by atoms with E-state index in [0.717, 1.165) is 17.0 Å². The summed E-state index contributed by atoms with van der Waals surface area (Å²) in [6, 6.07) is 3.53. The van der Waals surface area contributed by atoms with Crippen LogP contribution in [0.25, 0.3) is 21.9 Å². The summed E-state index contributed by atoms with van der Waals surface area (Å²) in [5, 5.41) is 3.46. The molecule has 7 nitrogen and oxygen atoms in total. The van der Waals surface area contributed by atoms with E-state index < -0.39 is 0 Å². The normalized spacial score (nSPS) is 11.1. The molecule has 0 radical (unpaired) electrons. The maximum Gasteiger partial charge on any atom is 0.353 e. The van der Waals surface area contributed by atoms with Crippen LogP contribution >= 0.6 is 0 Å². The predicted octanol–water partition coefficient (Wildman–Crippen LogP) is -0.158. The molecule has 0 bridgehead atoms. The number of rotatable bonds is 1. The summed E-state index contributed by atoms with van der Waals surface area (Å²) in [5.41, 5.74) is 7.52. The second kappa shape index (κ2) is 3.21. The minimum Gasteiger partial charge on any atom is -0.369 e. The quantitative estimate of drug-likeness (QED) is 0.466. The first-order chi connectivity index (χ1) is 8.17. The molecule has 7 heteroatoms. The lowest BCUT2D eigenvalue weighted by Gasteiger charge is -1.96. The molecule has 0 saturated heterocycles. The third-order valence-electron chi connectivity index (χ3n) is 2.63. The first-order valence-electron chi connectivity index (χ1n) is 5.09. The molecule has 86 valence electrons. The van der Waals surface area contributed by atoms with E-state index in [1.165, 1.54) is 0 Å². The van der Waals surface area contributed by atoms with Gasteiger partial charge >= 0.3 is 5.95 Å². The van der Waals surface area contributed by atoms with Gasteiger partial charge in [-0.1, -0.05) is 0 Å². The van der Waals surface area contributed by atoms with E-state index in [1.54, 1.807) is 19.2 Å². The molecule has 0 aliphatic heterocycles. The van der Waals surface area contributed by atoms with Crippen molar-refractivity contribution in [2.24, 2.45) is 0 Å². The van der Waals surface area contributed by atoms with E-state index in [4.69, 9.17) is 5.73 Å². The molecule has 2 aromatic heterocycles. The van der Waals surface area contributed by atoms with Gasteiger partial charge in [0.1, 0.15) is 11.0 Å². The predicted molar refractivity (Wildman–Crippen MR) is 64.7 cm³/mol. The molecular formula is C10H11N6O+. The highest BCUT2D eigenvalue weighted by molar-refractivity contribution is 5.91. The fourth-order valence-corrected chi connectivity index (χ4v) is 1.84. The lowest BCUT2D eigenvalue weighted by atomic mass is 10.2. The van der Waals surface area contributed by atoms with E-state index in [0.29, 0.717) is 10.9 Å². The summed E-state index contributed by atoms with van der Waals surface area (Å²) in [4.78, 5) is 24.5.